The molecule has 1 aromatic carbocycles. The second-order valence-electron chi connectivity index (χ2n) is 4.16. The summed E-state index contributed by atoms with van der Waals surface area (Å²) in [6.07, 6.45) is 1.72. The molecule has 20 heavy (non-hydrogen) atoms. The Labute approximate surface area is 128 Å². The Kier molecular flexibility index (Phi) is 5.04. The molecule has 0 fully saturated rings. The van der Waals surface area contributed by atoms with Gasteiger partial charge in [0, 0.05) is 24.3 Å². The van der Waals surface area contributed by atoms with E-state index in [1.54, 1.807) is 24.4 Å². The van der Waals surface area contributed by atoms with Crippen LogP contribution < -0.4 is 10.2 Å². The third-order valence-electron chi connectivity index (χ3n) is 2.90. The molecule has 0 amide bonds. The third-order valence-corrected chi connectivity index (χ3v) is 3.47. The molecule has 1 aromatic heterocycles. The van der Waals surface area contributed by atoms with Gasteiger partial charge in [-0.15, -0.1) is 0 Å². The lowest BCUT2D eigenvalue weighted by molar-refractivity contribution is 0.843. The minimum absolute atomic E-state index is 0.499. The SMILES string of the molecule is CCN(CC)c1ccnc(Nc2cc(Cl)ccc2Cl)n1. The molecule has 0 saturated carbocycles. The number of hydrogen-bond donors (Lipinski definition) is 1. The molecule has 0 aliphatic heterocycles. The van der Waals surface area contributed by atoms with Gasteiger partial charge < -0.3 is 10.2 Å². The fraction of sp³-hybridized carbons (Fsp3) is 0.286. The molecule has 2 aromatic rings. The predicted molar refractivity (Wildman–Crippen MR) is 85.3 cm³/mol. The van der Waals surface area contributed by atoms with Crippen molar-refractivity contribution >= 4 is 40.7 Å². The number of halogens is 2. The zero-order valence-electron chi connectivity index (χ0n) is 11.4. The Hall–Kier alpha value is -1.52. The van der Waals surface area contributed by atoms with Gasteiger partial charge in [-0.05, 0) is 38.1 Å². The number of aromatic nitrogens is 2. The van der Waals surface area contributed by atoms with Gasteiger partial charge in [0.05, 0.1) is 10.7 Å². The summed E-state index contributed by atoms with van der Waals surface area (Å²) in [5.41, 5.74) is 0.691. The Balaban J connectivity index is 2.25. The van der Waals surface area contributed by atoms with Crippen LogP contribution in [0, 0.1) is 0 Å². The maximum absolute atomic E-state index is 6.12. The quantitative estimate of drug-likeness (QED) is 0.890. The second-order valence-corrected chi connectivity index (χ2v) is 5.00. The van der Waals surface area contributed by atoms with Gasteiger partial charge >= 0.3 is 0 Å². The standard InChI is InChI=1S/C14H16Cl2N4/c1-3-20(4-2)13-7-8-17-14(19-13)18-12-9-10(15)5-6-11(12)16/h5-9H,3-4H2,1-2H3,(H,17,18,19). The second kappa shape index (κ2) is 6.77. The van der Waals surface area contributed by atoms with Crippen molar-refractivity contribution in [3.05, 3.63) is 40.5 Å². The monoisotopic (exact) mass is 310 g/mol. The molecule has 1 heterocycles. The Morgan fingerprint density at radius 2 is 1.90 bits per heavy atom. The zero-order chi connectivity index (χ0) is 14.5. The first-order valence-corrected chi connectivity index (χ1v) is 7.19. The van der Waals surface area contributed by atoms with Crippen LogP contribution in [0.15, 0.2) is 30.5 Å². The normalized spacial score (nSPS) is 10.4. The Bertz CT molecular complexity index is 585. The molecule has 1 N–H and O–H groups in total. The summed E-state index contributed by atoms with van der Waals surface area (Å²) in [7, 11) is 0. The van der Waals surface area contributed by atoms with E-state index in [9.17, 15) is 0 Å². The van der Waals surface area contributed by atoms with E-state index in [1.807, 2.05) is 6.07 Å². The molecule has 0 saturated heterocycles. The van der Waals surface area contributed by atoms with Crippen LogP contribution in [0.5, 0.6) is 0 Å². The molecule has 106 valence electrons. The summed E-state index contributed by atoms with van der Waals surface area (Å²) in [4.78, 5) is 10.8. The van der Waals surface area contributed by atoms with E-state index in [0.717, 1.165) is 18.9 Å². The highest BCUT2D eigenvalue weighted by Gasteiger charge is 2.07. The predicted octanol–water partition coefficient (Wildman–Crippen LogP) is 4.37. The van der Waals surface area contributed by atoms with Crippen LogP contribution in [0.2, 0.25) is 10.0 Å². The van der Waals surface area contributed by atoms with Crippen LogP contribution in [-0.2, 0) is 0 Å². The first-order valence-electron chi connectivity index (χ1n) is 6.44. The van der Waals surface area contributed by atoms with E-state index in [4.69, 9.17) is 23.2 Å². The zero-order valence-corrected chi connectivity index (χ0v) is 12.9. The van der Waals surface area contributed by atoms with Crippen molar-refractivity contribution in [2.45, 2.75) is 13.8 Å². The molecule has 0 bridgehead atoms. The van der Waals surface area contributed by atoms with Crippen LogP contribution in [0.1, 0.15) is 13.8 Å². The summed E-state index contributed by atoms with van der Waals surface area (Å²) >= 11 is 12.1. The van der Waals surface area contributed by atoms with Crippen LogP contribution in [0.25, 0.3) is 0 Å². The summed E-state index contributed by atoms with van der Waals surface area (Å²) < 4.78 is 0. The molecule has 0 radical (unpaired) electrons. The maximum atomic E-state index is 6.12. The van der Waals surface area contributed by atoms with E-state index in [1.165, 1.54) is 0 Å². The molecule has 0 atom stereocenters. The molecule has 4 nitrogen and oxygen atoms in total. The lowest BCUT2D eigenvalue weighted by atomic mass is 10.3. The lowest BCUT2D eigenvalue weighted by Gasteiger charge is -2.20. The number of anilines is 3. The van der Waals surface area contributed by atoms with Gasteiger partial charge in [0.15, 0.2) is 0 Å². The molecule has 6 heteroatoms. The summed E-state index contributed by atoms with van der Waals surface area (Å²) in [5, 5.41) is 4.27. The third kappa shape index (κ3) is 3.52. The minimum atomic E-state index is 0.499. The topological polar surface area (TPSA) is 41.1 Å². The smallest absolute Gasteiger partial charge is 0.229 e. The van der Waals surface area contributed by atoms with Crippen molar-refractivity contribution in [1.29, 1.82) is 0 Å². The van der Waals surface area contributed by atoms with E-state index < -0.39 is 0 Å². The minimum Gasteiger partial charge on any atom is -0.357 e. The van der Waals surface area contributed by atoms with E-state index in [-0.39, 0.29) is 0 Å². The number of nitrogens with zero attached hydrogens (tertiary/aromatic N) is 3. The highest BCUT2D eigenvalue weighted by atomic mass is 35.5. The molecule has 0 spiro atoms. The van der Waals surface area contributed by atoms with Gasteiger partial charge in [0.1, 0.15) is 5.82 Å². The Morgan fingerprint density at radius 1 is 1.15 bits per heavy atom. The number of rotatable bonds is 5. The van der Waals surface area contributed by atoms with Gasteiger partial charge in [0.2, 0.25) is 5.95 Å². The molecule has 0 aliphatic carbocycles. The van der Waals surface area contributed by atoms with Crippen molar-refractivity contribution in [1.82, 2.24) is 9.97 Å². The largest absolute Gasteiger partial charge is 0.357 e. The van der Waals surface area contributed by atoms with Crippen LogP contribution in [-0.4, -0.2) is 23.1 Å². The maximum Gasteiger partial charge on any atom is 0.229 e. The van der Waals surface area contributed by atoms with Gasteiger partial charge in [-0.1, -0.05) is 23.2 Å². The summed E-state index contributed by atoms with van der Waals surface area (Å²) in [6.45, 7) is 5.97. The van der Waals surface area contributed by atoms with Gasteiger partial charge in [-0.25, -0.2) is 4.98 Å². The molecule has 2 rings (SSSR count). The van der Waals surface area contributed by atoms with Gasteiger partial charge in [0.25, 0.3) is 0 Å². The number of hydrogen-bond acceptors (Lipinski definition) is 4. The summed E-state index contributed by atoms with van der Waals surface area (Å²) in [6, 6.07) is 7.11. The fourth-order valence-corrected chi connectivity index (χ4v) is 2.18. The average molecular weight is 311 g/mol. The molecule has 0 unspecified atom stereocenters. The van der Waals surface area contributed by atoms with Crippen LogP contribution in [0.3, 0.4) is 0 Å². The highest BCUT2D eigenvalue weighted by molar-refractivity contribution is 6.35. The molecular formula is C14H16Cl2N4. The van der Waals surface area contributed by atoms with Crippen LogP contribution >= 0.6 is 23.2 Å². The fourth-order valence-electron chi connectivity index (χ4n) is 1.85. The van der Waals surface area contributed by atoms with Crippen LogP contribution in [0.4, 0.5) is 17.5 Å². The van der Waals surface area contributed by atoms with E-state index >= 15 is 0 Å². The van der Waals surface area contributed by atoms with Gasteiger partial charge in [-0.2, -0.15) is 4.98 Å². The Morgan fingerprint density at radius 3 is 2.60 bits per heavy atom. The van der Waals surface area contributed by atoms with Crippen molar-refractivity contribution in [3.63, 3.8) is 0 Å². The first-order chi connectivity index (χ1) is 9.63. The van der Waals surface area contributed by atoms with Crippen molar-refractivity contribution in [3.8, 4) is 0 Å². The van der Waals surface area contributed by atoms with Crippen molar-refractivity contribution in [2.24, 2.45) is 0 Å². The van der Waals surface area contributed by atoms with Crippen molar-refractivity contribution in [2.75, 3.05) is 23.3 Å². The highest BCUT2D eigenvalue weighted by Crippen LogP contribution is 2.27. The number of nitrogens with one attached hydrogen (secondary N) is 1. The van der Waals surface area contributed by atoms with E-state index in [0.29, 0.717) is 21.7 Å². The summed E-state index contributed by atoms with van der Waals surface area (Å²) in [5.74, 6) is 1.38. The van der Waals surface area contributed by atoms with Gasteiger partial charge in [-0.3, -0.25) is 0 Å². The molecular weight excluding hydrogens is 295 g/mol. The lowest BCUT2D eigenvalue weighted by Crippen LogP contribution is -2.23. The average Bonchev–Trinajstić information content (AvgIpc) is 2.45. The van der Waals surface area contributed by atoms with E-state index in [2.05, 4.69) is 34.0 Å². The van der Waals surface area contributed by atoms with Crippen molar-refractivity contribution < 1.29 is 0 Å². The molecule has 0 aliphatic rings. The number of benzene rings is 1. The first kappa shape index (κ1) is 14.9.